The first-order valence-corrected chi connectivity index (χ1v) is 5.03. The number of hydrogen-bond acceptors (Lipinski definition) is 4. The van der Waals surface area contributed by atoms with Crippen LogP contribution in [-0.2, 0) is 11.3 Å². The minimum absolute atomic E-state index is 0.0469. The summed E-state index contributed by atoms with van der Waals surface area (Å²) in [5.74, 6) is -0.943. The number of halogens is 3. The van der Waals surface area contributed by atoms with Crippen LogP contribution in [0.5, 0.6) is 5.88 Å². The predicted molar refractivity (Wildman–Crippen MR) is 50.2 cm³/mol. The van der Waals surface area contributed by atoms with Gasteiger partial charge in [0.25, 0.3) is 0 Å². The van der Waals surface area contributed by atoms with E-state index in [-0.39, 0.29) is 24.5 Å². The standard InChI is InChI=1S/C9H9F3N2O4/c10-9(11,12)17-2-1-5-4-14-7(18-5)3-6(13-14)8(15)16/h3,5H,1-2,4H2,(H,15,16). The number of ether oxygens (including phenoxy) is 2. The number of hydrogen-bond donors (Lipinski definition) is 1. The number of aromatic nitrogens is 2. The van der Waals surface area contributed by atoms with Crippen molar-refractivity contribution in [1.29, 1.82) is 0 Å². The zero-order valence-electron chi connectivity index (χ0n) is 8.98. The number of carboxylic acids is 1. The Morgan fingerprint density at radius 1 is 1.67 bits per heavy atom. The lowest BCUT2D eigenvalue weighted by Gasteiger charge is -2.11. The van der Waals surface area contributed by atoms with Crippen molar-refractivity contribution in [2.45, 2.75) is 25.4 Å². The van der Waals surface area contributed by atoms with E-state index in [9.17, 15) is 18.0 Å². The van der Waals surface area contributed by atoms with Gasteiger partial charge in [-0.05, 0) is 0 Å². The normalized spacial score (nSPS) is 18.5. The van der Waals surface area contributed by atoms with Crippen LogP contribution in [0.25, 0.3) is 0 Å². The molecule has 0 amide bonds. The van der Waals surface area contributed by atoms with Crippen LogP contribution >= 0.6 is 0 Å². The summed E-state index contributed by atoms with van der Waals surface area (Å²) in [6, 6.07) is 1.23. The molecule has 1 aliphatic rings. The Kier molecular flexibility index (Phi) is 3.16. The molecule has 0 saturated heterocycles. The van der Waals surface area contributed by atoms with E-state index in [2.05, 4.69) is 9.84 Å². The van der Waals surface area contributed by atoms with Gasteiger partial charge in [0.1, 0.15) is 6.10 Å². The van der Waals surface area contributed by atoms with Crippen molar-refractivity contribution in [2.24, 2.45) is 0 Å². The summed E-state index contributed by atoms with van der Waals surface area (Å²) in [7, 11) is 0. The molecule has 0 saturated carbocycles. The van der Waals surface area contributed by atoms with Gasteiger partial charge in [-0.3, -0.25) is 4.74 Å². The van der Waals surface area contributed by atoms with Gasteiger partial charge in [-0.1, -0.05) is 0 Å². The van der Waals surface area contributed by atoms with Crippen LogP contribution in [0.1, 0.15) is 16.9 Å². The van der Waals surface area contributed by atoms with Crippen molar-refractivity contribution in [3.8, 4) is 5.88 Å². The largest absolute Gasteiger partial charge is 0.522 e. The number of nitrogens with zero attached hydrogens (tertiary/aromatic N) is 2. The molecular weight excluding hydrogens is 257 g/mol. The van der Waals surface area contributed by atoms with Crippen molar-refractivity contribution in [3.63, 3.8) is 0 Å². The maximum atomic E-state index is 11.7. The molecule has 1 aromatic heterocycles. The van der Waals surface area contributed by atoms with E-state index >= 15 is 0 Å². The lowest BCUT2D eigenvalue weighted by atomic mass is 10.3. The summed E-state index contributed by atoms with van der Waals surface area (Å²) >= 11 is 0. The quantitative estimate of drug-likeness (QED) is 0.888. The fourth-order valence-corrected chi connectivity index (χ4v) is 1.59. The van der Waals surface area contributed by atoms with E-state index in [1.165, 1.54) is 10.7 Å². The van der Waals surface area contributed by atoms with Crippen molar-refractivity contribution >= 4 is 5.97 Å². The minimum Gasteiger partial charge on any atom is -0.476 e. The third-order valence-corrected chi connectivity index (χ3v) is 2.33. The van der Waals surface area contributed by atoms with Gasteiger partial charge < -0.3 is 9.84 Å². The number of rotatable bonds is 4. The fourth-order valence-electron chi connectivity index (χ4n) is 1.59. The maximum Gasteiger partial charge on any atom is 0.522 e. The van der Waals surface area contributed by atoms with Gasteiger partial charge in [-0.15, -0.1) is 13.2 Å². The minimum atomic E-state index is -4.65. The number of carboxylic acid groups (broad SMARTS) is 1. The molecule has 0 radical (unpaired) electrons. The van der Waals surface area contributed by atoms with Crippen LogP contribution in [0.15, 0.2) is 6.07 Å². The predicted octanol–water partition coefficient (Wildman–Crippen LogP) is 1.27. The van der Waals surface area contributed by atoms with Gasteiger partial charge in [0.05, 0.1) is 13.2 Å². The Balaban J connectivity index is 1.84. The first-order chi connectivity index (χ1) is 8.35. The van der Waals surface area contributed by atoms with E-state index in [0.29, 0.717) is 0 Å². The molecular formula is C9H9F3N2O4. The van der Waals surface area contributed by atoms with Crippen molar-refractivity contribution in [3.05, 3.63) is 11.8 Å². The van der Waals surface area contributed by atoms with Gasteiger partial charge in [-0.2, -0.15) is 5.10 Å². The molecule has 1 atom stereocenters. The van der Waals surface area contributed by atoms with Crippen LogP contribution in [0.2, 0.25) is 0 Å². The Morgan fingerprint density at radius 2 is 2.39 bits per heavy atom. The van der Waals surface area contributed by atoms with Crippen LogP contribution in [-0.4, -0.2) is 39.9 Å². The molecule has 0 aliphatic carbocycles. The lowest BCUT2D eigenvalue weighted by Crippen LogP contribution is -2.21. The molecule has 0 spiro atoms. The Hall–Kier alpha value is -1.77. The summed E-state index contributed by atoms with van der Waals surface area (Å²) in [6.07, 6.45) is -5.09. The lowest BCUT2D eigenvalue weighted by molar-refractivity contribution is -0.325. The van der Waals surface area contributed by atoms with Crippen LogP contribution in [0.4, 0.5) is 13.2 Å². The van der Waals surface area contributed by atoms with Crippen LogP contribution in [0.3, 0.4) is 0 Å². The molecule has 6 nitrogen and oxygen atoms in total. The van der Waals surface area contributed by atoms with Crippen molar-refractivity contribution < 1.29 is 32.5 Å². The zero-order valence-corrected chi connectivity index (χ0v) is 8.98. The molecule has 2 heterocycles. The average molecular weight is 266 g/mol. The molecule has 100 valence electrons. The molecule has 9 heteroatoms. The van der Waals surface area contributed by atoms with Gasteiger partial charge in [0.15, 0.2) is 5.69 Å². The summed E-state index contributed by atoms with van der Waals surface area (Å²) < 4.78 is 45.4. The van der Waals surface area contributed by atoms with Gasteiger partial charge in [0.2, 0.25) is 5.88 Å². The molecule has 1 aliphatic heterocycles. The Morgan fingerprint density at radius 3 is 2.94 bits per heavy atom. The highest BCUT2D eigenvalue weighted by Crippen LogP contribution is 2.25. The topological polar surface area (TPSA) is 73.6 Å². The summed E-state index contributed by atoms with van der Waals surface area (Å²) in [5, 5.41) is 12.4. The Bertz CT molecular complexity index is 434. The monoisotopic (exact) mass is 266 g/mol. The van der Waals surface area contributed by atoms with E-state index in [4.69, 9.17) is 9.84 Å². The van der Waals surface area contributed by atoms with Crippen molar-refractivity contribution in [2.75, 3.05) is 6.61 Å². The second kappa shape index (κ2) is 4.48. The fraction of sp³-hybridized carbons (Fsp3) is 0.556. The Labute approximate surface area is 98.9 Å². The molecule has 2 rings (SSSR count). The number of aromatic carboxylic acids is 1. The average Bonchev–Trinajstić information content (AvgIpc) is 2.72. The van der Waals surface area contributed by atoms with Gasteiger partial charge in [0, 0.05) is 12.5 Å². The smallest absolute Gasteiger partial charge is 0.476 e. The summed E-state index contributed by atoms with van der Waals surface area (Å²) in [4.78, 5) is 10.6. The van der Waals surface area contributed by atoms with Crippen LogP contribution in [0, 0.1) is 0 Å². The SMILES string of the molecule is O=C(O)c1cc2n(n1)CC(CCOC(F)(F)F)O2. The third-order valence-electron chi connectivity index (χ3n) is 2.33. The number of fused-ring (bicyclic) bond motifs is 1. The van der Waals surface area contributed by atoms with E-state index in [1.54, 1.807) is 0 Å². The molecule has 0 bridgehead atoms. The molecule has 1 N–H and O–H groups in total. The highest BCUT2D eigenvalue weighted by Gasteiger charge is 2.31. The van der Waals surface area contributed by atoms with Crippen LogP contribution < -0.4 is 4.74 Å². The van der Waals surface area contributed by atoms with Gasteiger partial charge >= 0.3 is 12.3 Å². The van der Waals surface area contributed by atoms with Crippen molar-refractivity contribution in [1.82, 2.24) is 9.78 Å². The number of carbonyl (C=O) groups is 1. The molecule has 1 unspecified atom stereocenters. The second-order valence-corrected chi connectivity index (χ2v) is 3.68. The molecule has 18 heavy (non-hydrogen) atoms. The molecule has 0 fully saturated rings. The van der Waals surface area contributed by atoms with E-state index in [1.807, 2.05) is 0 Å². The maximum absolute atomic E-state index is 11.7. The highest BCUT2D eigenvalue weighted by molar-refractivity contribution is 5.85. The molecule has 0 aromatic carbocycles. The second-order valence-electron chi connectivity index (χ2n) is 3.68. The van der Waals surface area contributed by atoms with E-state index < -0.39 is 25.0 Å². The zero-order chi connectivity index (χ0) is 13.3. The summed E-state index contributed by atoms with van der Waals surface area (Å²) in [5.41, 5.74) is -0.157. The number of alkyl halides is 3. The highest BCUT2D eigenvalue weighted by atomic mass is 19.4. The first kappa shape index (κ1) is 12.7. The van der Waals surface area contributed by atoms with Gasteiger partial charge in [-0.25, -0.2) is 9.48 Å². The summed E-state index contributed by atoms with van der Waals surface area (Å²) in [6.45, 7) is -0.297. The molecule has 1 aromatic rings. The third kappa shape index (κ3) is 2.92. The first-order valence-electron chi connectivity index (χ1n) is 5.03. The van der Waals surface area contributed by atoms with E-state index in [0.717, 1.165) is 0 Å².